The van der Waals surface area contributed by atoms with Crippen molar-refractivity contribution in [1.82, 2.24) is 25.1 Å². The summed E-state index contributed by atoms with van der Waals surface area (Å²) in [5.74, 6) is -0.260. The molecule has 7 nitrogen and oxygen atoms in total. The van der Waals surface area contributed by atoms with Gasteiger partial charge in [-0.15, -0.1) is 0 Å². The standard InChI is InChI=1S/C22H20N6O/c29-22(25-18-4-6-23-7-5-18)21-19-11-16(2-3-20(19)26-27-21)17-10-15(12-24-13-17)14-28-8-1-9-28/h2-7,10-13H,1,8-9,14H2,(H,26,27)(H,23,25,29). The lowest BCUT2D eigenvalue weighted by molar-refractivity contribution is 0.102. The van der Waals surface area contributed by atoms with E-state index in [0.717, 1.165) is 41.7 Å². The Morgan fingerprint density at radius 2 is 1.90 bits per heavy atom. The van der Waals surface area contributed by atoms with E-state index in [4.69, 9.17) is 0 Å². The van der Waals surface area contributed by atoms with Gasteiger partial charge in [-0.2, -0.15) is 5.10 Å². The molecule has 0 spiro atoms. The predicted octanol–water partition coefficient (Wildman–Crippen LogP) is 3.48. The van der Waals surface area contributed by atoms with Crippen LogP contribution in [0.1, 0.15) is 22.5 Å². The molecule has 2 N–H and O–H groups in total. The van der Waals surface area contributed by atoms with E-state index in [1.54, 1.807) is 24.5 Å². The number of rotatable bonds is 5. The lowest BCUT2D eigenvalue weighted by atomic mass is 10.0. The number of nitrogens with one attached hydrogen (secondary N) is 2. The molecular formula is C22H20N6O. The Labute approximate surface area is 167 Å². The first kappa shape index (κ1) is 17.5. The molecule has 4 heterocycles. The van der Waals surface area contributed by atoms with Crippen molar-refractivity contribution in [3.63, 3.8) is 0 Å². The van der Waals surface area contributed by atoms with Crippen molar-refractivity contribution in [2.24, 2.45) is 0 Å². The summed E-state index contributed by atoms with van der Waals surface area (Å²) >= 11 is 0. The van der Waals surface area contributed by atoms with E-state index in [2.05, 4.69) is 36.4 Å². The molecule has 0 aliphatic carbocycles. The number of anilines is 1. The van der Waals surface area contributed by atoms with Gasteiger partial charge in [0.15, 0.2) is 5.69 Å². The monoisotopic (exact) mass is 384 g/mol. The number of H-pyrrole nitrogens is 1. The summed E-state index contributed by atoms with van der Waals surface area (Å²) in [6, 6.07) is 11.6. The first-order valence-corrected chi connectivity index (χ1v) is 9.62. The van der Waals surface area contributed by atoms with Gasteiger partial charge in [0.1, 0.15) is 0 Å². The fraction of sp³-hybridized carbons (Fsp3) is 0.182. The minimum absolute atomic E-state index is 0.260. The molecule has 4 aromatic rings. The minimum Gasteiger partial charge on any atom is -0.320 e. The summed E-state index contributed by atoms with van der Waals surface area (Å²) in [5, 5.41) is 10.8. The first-order valence-electron chi connectivity index (χ1n) is 9.62. The fourth-order valence-corrected chi connectivity index (χ4v) is 3.52. The van der Waals surface area contributed by atoms with Crippen molar-refractivity contribution >= 4 is 22.5 Å². The third-order valence-corrected chi connectivity index (χ3v) is 5.20. The summed E-state index contributed by atoms with van der Waals surface area (Å²) in [5.41, 5.74) is 5.11. The summed E-state index contributed by atoms with van der Waals surface area (Å²) < 4.78 is 0. The minimum atomic E-state index is -0.260. The van der Waals surface area contributed by atoms with Gasteiger partial charge in [-0.25, -0.2) is 0 Å². The van der Waals surface area contributed by atoms with E-state index < -0.39 is 0 Å². The van der Waals surface area contributed by atoms with E-state index in [9.17, 15) is 4.79 Å². The van der Waals surface area contributed by atoms with Crippen LogP contribution in [0, 0.1) is 0 Å². The van der Waals surface area contributed by atoms with Crippen molar-refractivity contribution in [3.05, 3.63) is 72.4 Å². The number of hydrogen-bond donors (Lipinski definition) is 2. The van der Waals surface area contributed by atoms with Crippen LogP contribution in [-0.2, 0) is 6.54 Å². The van der Waals surface area contributed by atoms with Gasteiger partial charge >= 0.3 is 0 Å². The van der Waals surface area contributed by atoms with Crippen LogP contribution >= 0.6 is 0 Å². The van der Waals surface area contributed by atoms with Crippen LogP contribution in [0.2, 0.25) is 0 Å². The number of benzene rings is 1. The number of amides is 1. The predicted molar refractivity (Wildman–Crippen MR) is 111 cm³/mol. The van der Waals surface area contributed by atoms with E-state index in [0.29, 0.717) is 11.4 Å². The van der Waals surface area contributed by atoms with Gasteiger partial charge in [-0.05, 0) is 61.0 Å². The van der Waals surface area contributed by atoms with E-state index in [1.165, 1.54) is 12.0 Å². The van der Waals surface area contributed by atoms with Gasteiger partial charge in [-0.1, -0.05) is 6.07 Å². The molecule has 1 aliphatic rings. The normalized spacial score (nSPS) is 13.9. The highest BCUT2D eigenvalue weighted by atomic mass is 16.1. The van der Waals surface area contributed by atoms with Crippen molar-refractivity contribution in [2.45, 2.75) is 13.0 Å². The van der Waals surface area contributed by atoms with Crippen LogP contribution < -0.4 is 5.32 Å². The van der Waals surface area contributed by atoms with E-state index in [1.807, 2.05) is 30.6 Å². The summed E-state index contributed by atoms with van der Waals surface area (Å²) in [7, 11) is 0. The maximum absolute atomic E-state index is 12.7. The summed E-state index contributed by atoms with van der Waals surface area (Å²) in [6.45, 7) is 3.23. The van der Waals surface area contributed by atoms with Gasteiger partial charge in [0.25, 0.3) is 5.91 Å². The van der Waals surface area contributed by atoms with Gasteiger partial charge in [-0.3, -0.25) is 24.8 Å². The molecule has 0 radical (unpaired) electrons. The van der Waals surface area contributed by atoms with Crippen molar-refractivity contribution in [2.75, 3.05) is 18.4 Å². The number of pyridine rings is 2. The van der Waals surface area contributed by atoms with Crippen molar-refractivity contribution < 1.29 is 4.79 Å². The molecule has 1 aromatic carbocycles. The second kappa shape index (κ2) is 7.44. The Bertz CT molecular complexity index is 1170. The quantitative estimate of drug-likeness (QED) is 0.550. The number of carbonyl (C=O) groups is 1. The molecule has 1 fully saturated rings. The van der Waals surface area contributed by atoms with Crippen molar-refractivity contribution in [1.29, 1.82) is 0 Å². The van der Waals surface area contributed by atoms with E-state index >= 15 is 0 Å². The highest BCUT2D eigenvalue weighted by molar-refractivity contribution is 6.11. The Morgan fingerprint density at radius 3 is 2.69 bits per heavy atom. The molecule has 1 amide bonds. The molecule has 0 unspecified atom stereocenters. The number of nitrogens with zero attached hydrogens (tertiary/aromatic N) is 4. The van der Waals surface area contributed by atoms with Gasteiger partial charge < -0.3 is 5.32 Å². The summed E-state index contributed by atoms with van der Waals surface area (Å²) in [6.07, 6.45) is 8.32. The van der Waals surface area contributed by atoms with Gasteiger partial charge in [0, 0.05) is 48.0 Å². The molecule has 3 aromatic heterocycles. The van der Waals surface area contributed by atoms with Crippen LogP contribution in [0.15, 0.2) is 61.2 Å². The summed E-state index contributed by atoms with van der Waals surface area (Å²) in [4.78, 5) is 23.5. The lowest BCUT2D eigenvalue weighted by Gasteiger charge is -2.30. The van der Waals surface area contributed by atoms with Crippen LogP contribution in [0.3, 0.4) is 0 Å². The molecule has 0 atom stereocenters. The molecule has 7 heteroatoms. The number of likely N-dealkylation sites (tertiary alicyclic amines) is 1. The maximum atomic E-state index is 12.7. The largest absolute Gasteiger partial charge is 0.320 e. The number of aromatic nitrogens is 4. The number of fused-ring (bicyclic) bond motifs is 1. The molecule has 1 saturated heterocycles. The highest BCUT2D eigenvalue weighted by Crippen LogP contribution is 2.26. The molecule has 0 bridgehead atoms. The molecule has 0 saturated carbocycles. The van der Waals surface area contributed by atoms with Crippen LogP contribution in [0.5, 0.6) is 0 Å². The average Bonchev–Trinajstić information content (AvgIpc) is 3.15. The second-order valence-electron chi connectivity index (χ2n) is 7.23. The highest BCUT2D eigenvalue weighted by Gasteiger charge is 2.16. The molecule has 1 aliphatic heterocycles. The Morgan fingerprint density at radius 1 is 1.03 bits per heavy atom. The zero-order valence-electron chi connectivity index (χ0n) is 15.8. The van der Waals surface area contributed by atoms with Crippen LogP contribution in [-0.4, -0.2) is 44.1 Å². The van der Waals surface area contributed by atoms with Gasteiger partial charge in [0.05, 0.1) is 5.52 Å². The lowest BCUT2D eigenvalue weighted by Crippen LogP contribution is -2.36. The second-order valence-corrected chi connectivity index (χ2v) is 7.23. The van der Waals surface area contributed by atoms with E-state index in [-0.39, 0.29) is 5.91 Å². The zero-order valence-corrected chi connectivity index (χ0v) is 15.8. The number of carbonyl (C=O) groups excluding carboxylic acids is 1. The SMILES string of the molecule is O=C(Nc1ccncc1)c1n[nH]c2ccc(-c3cncc(CN4CCC4)c3)cc12. The topological polar surface area (TPSA) is 86.8 Å². The van der Waals surface area contributed by atoms with Gasteiger partial charge in [0.2, 0.25) is 0 Å². The zero-order chi connectivity index (χ0) is 19.6. The Kier molecular flexibility index (Phi) is 4.50. The molecule has 5 rings (SSSR count). The van der Waals surface area contributed by atoms with Crippen LogP contribution in [0.25, 0.3) is 22.0 Å². The Hall–Kier alpha value is -3.58. The molecule has 144 valence electrons. The smallest absolute Gasteiger partial charge is 0.276 e. The molecular weight excluding hydrogens is 364 g/mol. The number of hydrogen-bond acceptors (Lipinski definition) is 5. The third kappa shape index (κ3) is 3.60. The molecule has 29 heavy (non-hydrogen) atoms. The first-order chi connectivity index (χ1) is 14.3. The van der Waals surface area contributed by atoms with Crippen molar-refractivity contribution in [3.8, 4) is 11.1 Å². The average molecular weight is 384 g/mol. The fourth-order valence-electron chi connectivity index (χ4n) is 3.52. The third-order valence-electron chi connectivity index (χ3n) is 5.20. The number of aromatic amines is 1. The maximum Gasteiger partial charge on any atom is 0.276 e. The van der Waals surface area contributed by atoms with Crippen LogP contribution in [0.4, 0.5) is 5.69 Å². The Balaban J connectivity index is 1.45.